The van der Waals surface area contributed by atoms with Crippen molar-refractivity contribution in [3.8, 4) is 11.5 Å². The van der Waals surface area contributed by atoms with E-state index in [2.05, 4.69) is 23.9 Å². The van der Waals surface area contributed by atoms with Gasteiger partial charge in [-0.15, -0.1) is 0 Å². The first kappa shape index (κ1) is 33.4. The molecule has 2 saturated heterocycles. The van der Waals surface area contributed by atoms with Crippen molar-refractivity contribution in [1.82, 2.24) is 10.0 Å². The summed E-state index contributed by atoms with van der Waals surface area (Å²) in [4.78, 5) is 12.9. The van der Waals surface area contributed by atoms with Crippen molar-refractivity contribution in [2.45, 2.75) is 88.1 Å². The van der Waals surface area contributed by atoms with Crippen molar-refractivity contribution in [2.24, 2.45) is 17.1 Å². The Balaban J connectivity index is 1.19. The molecule has 13 heteroatoms. The smallest absolute Gasteiger partial charge is 0.407 e. The van der Waals surface area contributed by atoms with Gasteiger partial charge in [0.15, 0.2) is 17.8 Å². The van der Waals surface area contributed by atoms with Crippen LogP contribution in [0.25, 0.3) is 0 Å². The summed E-state index contributed by atoms with van der Waals surface area (Å²) in [5.74, 6) is 0.786. The van der Waals surface area contributed by atoms with Gasteiger partial charge in [-0.1, -0.05) is 50.6 Å². The molecule has 0 saturated carbocycles. The second-order valence-corrected chi connectivity index (χ2v) is 14.5. The molecule has 3 aliphatic heterocycles. The van der Waals surface area contributed by atoms with Crippen LogP contribution in [0.5, 0.6) is 11.5 Å². The van der Waals surface area contributed by atoms with Crippen LogP contribution in [-0.4, -0.2) is 76.8 Å². The highest BCUT2D eigenvalue weighted by Gasteiger charge is 2.44. The topological polar surface area (TPSA) is 168 Å². The minimum atomic E-state index is -4.04. The summed E-state index contributed by atoms with van der Waals surface area (Å²) in [6, 6.07) is 12.9. The zero-order valence-corrected chi connectivity index (χ0v) is 26.7. The molecular weight excluding hydrogens is 602 g/mol. The van der Waals surface area contributed by atoms with Gasteiger partial charge in [-0.2, -0.15) is 0 Å². The summed E-state index contributed by atoms with van der Waals surface area (Å²) in [6.45, 7) is 5.38. The van der Waals surface area contributed by atoms with Gasteiger partial charge in [-0.05, 0) is 55.3 Å². The maximum absolute atomic E-state index is 13.3. The van der Waals surface area contributed by atoms with Gasteiger partial charge in [0, 0.05) is 19.0 Å². The second-order valence-electron chi connectivity index (χ2n) is 12.7. The molecule has 1 amide bonds. The van der Waals surface area contributed by atoms with Gasteiger partial charge in [-0.25, -0.2) is 17.9 Å². The fraction of sp³-hybridized carbons (Fsp3) is 0.594. The minimum absolute atomic E-state index is 0.0264. The number of nitrogens with one attached hydrogen (secondary N) is 2. The van der Waals surface area contributed by atoms with Crippen LogP contribution in [0, 0.1) is 11.3 Å². The minimum Gasteiger partial charge on any atom is -0.451 e. The standard InChI is InChI=1S/C32H45N3O9S/c1-32(2,13-6-7-14-33)18-29-42-26-11-10-22(17-27(26)43-29)45(38,39)34-19-25(36)24(16-21-8-4-3-5-9-21)35-31(37)44-28-20-41-30-23(28)12-15-40-30/h3-5,8-11,17,23-25,28-30,34,36H,6-7,12-16,18-20,33H2,1-2H3,(H,35,37)/t23-,24+,25-,28-,29?,30+/m1/s1. The van der Waals surface area contributed by atoms with E-state index in [0.717, 1.165) is 31.2 Å². The highest BCUT2D eigenvalue weighted by atomic mass is 32.2. The second kappa shape index (κ2) is 14.7. The van der Waals surface area contributed by atoms with Crippen LogP contribution in [0.2, 0.25) is 0 Å². The van der Waals surface area contributed by atoms with Crippen LogP contribution in [0.1, 0.15) is 51.5 Å². The number of carbonyl (C=O) groups is 1. The molecule has 45 heavy (non-hydrogen) atoms. The summed E-state index contributed by atoms with van der Waals surface area (Å²) in [6.07, 6.45) is 1.22. The molecule has 5 N–H and O–H groups in total. The molecule has 12 nitrogen and oxygen atoms in total. The van der Waals surface area contributed by atoms with Crippen molar-refractivity contribution in [3.05, 3.63) is 54.1 Å². The number of hydrogen-bond donors (Lipinski definition) is 4. The molecule has 2 aromatic carbocycles. The van der Waals surface area contributed by atoms with E-state index >= 15 is 0 Å². The third-order valence-electron chi connectivity index (χ3n) is 8.56. The number of sulfonamides is 1. The number of rotatable bonds is 15. The molecule has 0 spiro atoms. The van der Waals surface area contributed by atoms with Gasteiger partial charge < -0.3 is 39.8 Å². The lowest BCUT2D eigenvalue weighted by Gasteiger charge is -2.26. The highest BCUT2D eigenvalue weighted by Crippen LogP contribution is 2.40. The molecule has 248 valence electrons. The summed E-state index contributed by atoms with van der Waals surface area (Å²) >= 11 is 0. The molecule has 2 aromatic rings. The van der Waals surface area contributed by atoms with Gasteiger partial charge in [-0.3, -0.25) is 0 Å². The normalized spacial score (nSPS) is 23.8. The molecule has 0 aliphatic carbocycles. The highest BCUT2D eigenvalue weighted by molar-refractivity contribution is 7.89. The third-order valence-corrected chi connectivity index (χ3v) is 9.98. The molecule has 1 unspecified atom stereocenters. The predicted octanol–water partition coefficient (Wildman–Crippen LogP) is 3.07. The Morgan fingerprint density at radius 3 is 2.67 bits per heavy atom. The van der Waals surface area contributed by atoms with E-state index in [1.54, 1.807) is 6.07 Å². The third kappa shape index (κ3) is 8.87. The molecule has 0 bridgehead atoms. The fourth-order valence-corrected chi connectivity index (χ4v) is 7.05. The Morgan fingerprint density at radius 2 is 1.89 bits per heavy atom. The maximum atomic E-state index is 13.3. The number of amides is 1. The number of aliphatic hydroxyl groups is 1. The van der Waals surface area contributed by atoms with E-state index in [-0.39, 0.29) is 42.1 Å². The van der Waals surface area contributed by atoms with Crippen LogP contribution in [-0.2, 0) is 30.7 Å². The molecule has 5 rings (SSSR count). The van der Waals surface area contributed by atoms with Gasteiger partial charge in [0.1, 0.15) is 6.10 Å². The SMILES string of the molecule is CC(C)(CCCCN)CC1Oc2ccc(S(=O)(=O)NC[C@@H](O)[C@H](Cc3ccccc3)NC(=O)O[C@@H]3CO[C@@H]4OCC[C@@H]43)cc2O1. The van der Waals surface area contributed by atoms with E-state index in [1.807, 2.05) is 30.3 Å². The van der Waals surface area contributed by atoms with Gasteiger partial charge in [0.25, 0.3) is 0 Å². The zero-order chi connectivity index (χ0) is 32.0. The monoisotopic (exact) mass is 647 g/mol. The van der Waals surface area contributed by atoms with Crippen molar-refractivity contribution in [2.75, 3.05) is 26.3 Å². The van der Waals surface area contributed by atoms with E-state index < -0.39 is 40.7 Å². The lowest BCUT2D eigenvalue weighted by atomic mass is 9.83. The van der Waals surface area contributed by atoms with E-state index in [4.69, 9.17) is 29.4 Å². The number of aliphatic hydroxyl groups excluding tert-OH is 1. The van der Waals surface area contributed by atoms with E-state index in [1.165, 1.54) is 12.1 Å². The van der Waals surface area contributed by atoms with Crippen LogP contribution in [0.4, 0.5) is 4.79 Å². The number of benzene rings is 2. The molecule has 3 heterocycles. The predicted molar refractivity (Wildman–Crippen MR) is 165 cm³/mol. The first-order valence-electron chi connectivity index (χ1n) is 15.6. The van der Waals surface area contributed by atoms with Crippen molar-refractivity contribution in [3.63, 3.8) is 0 Å². The Labute approximate surface area is 264 Å². The zero-order valence-electron chi connectivity index (χ0n) is 25.9. The number of ether oxygens (including phenoxy) is 5. The van der Waals surface area contributed by atoms with E-state index in [0.29, 0.717) is 31.1 Å². The Kier molecular flexibility index (Phi) is 10.9. The number of carbonyl (C=O) groups excluding carboxylic acids is 1. The summed E-state index contributed by atoms with van der Waals surface area (Å²) in [7, 11) is -4.04. The van der Waals surface area contributed by atoms with Crippen LogP contribution in [0.3, 0.4) is 0 Å². The average molecular weight is 648 g/mol. The van der Waals surface area contributed by atoms with Crippen molar-refractivity contribution >= 4 is 16.1 Å². The quantitative estimate of drug-likeness (QED) is 0.211. The largest absolute Gasteiger partial charge is 0.451 e. The summed E-state index contributed by atoms with van der Waals surface area (Å²) in [5, 5.41) is 13.9. The first-order chi connectivity index (χ1) is 21.5. The van der Waals surface area contributed by atoms with Gasteiger partial charge in [0.2, 0.25) is 16.3 Å². The Hall–Kier alpha value is -2.94. The average Bonchev–Trinajstić information content (AvgIpc) is 3.72. The molecule has 3 aliphatic rings. The number of unbranched alkanes of at least 4 members (excludes halogenated alkanes) is 1. The summed E-state index contributed by atoms with van der Waals surface area (Å²) < 4.78 is 57.6. The van der Waals surface area contributed by atoms with Crippen LogP contribution >= 0.6 is 0 Å². The summed E-state index contributed by atoms with van der Waals surface area (Å²) in [5.41, 5.74) is 6.44. The molecular formula is C32H45N3O9S. The number of hydrogen-bond acceptors (Lipinski definition) is 10. The fourth-order valence-electron chi connectivity index (χ4n) is 5.98. The molecule has 6 atom stereocenters. The number of alkyl carbamates (subject to hydrolysis) is 1. The Bertz CT molecular complexity index is 1390. The first-order valence-corrected chi connectivity index (χ1v) is 17.1. The van der Waals surface area contributed by atoms with Crippen LogP contribution < -0.4 is 25.2 Å². The lowest BCUT2D eigenvalue weighted by molar-refractivity contribution is -0.0907. The number of nitrogens with two attached hydrogens (primary N) is 1. The lowest BCUT2D eigenvalue weighted by Crippen LogP contribution is -2.50. The number of fused-ring (bicyclic) bond motifs is 2. The van der Waals surface area contributed by atoms with E-state index in [9.17, 15) is 18.3 Å². The van der Waals surface area contributed by atoms with Crippen molar-refractivity contribution in [1.29, 1.82) is 0 Å². The molecule has 0 aromatic heterocycles. The Morgan fingerprint density at radius 1 is 1.11 bits per heavy atom. The molecule has 0 radical (unpaired) electrons. The van der Waals surface area contributed by atoms with Gasteiger partial charge in [0.05, 0.1) is 36.2 Å². The van der Waals surface area contributed by atoms with Crippen LogP contribution in [0.15, 0.2) is 53.4 Å². The van der Waals surface area contributed by atoms with Crippen molar-refractivity contribution < 1.29 is 42.0 Å². The molecule has 2 fully saturated rings. The maximum Gasteiger partial charge on any atom is 0.407 e. The van der Waals surface area contributed by atoms with Gasteiger partial charge >= 0.3 is 6.09 Å².